The lowest BCUT2D eigenvalue weighted by atomic mass is 9.96. The third-order valence-electron chi connectivity index (χ3n) is 3.32. The molecule has 2 heterocycles. The quantitative estimate of drug-likeness (QED) is 0.896. The third kappa shape index (κ3) is 3.15. The Labute approximate surface area is 108 Å². The summed E-state index contributed by atoms with van der Waals surface area (Å²) in [6.07, 6.45) is -2.55. The van der Waals surface area contributed by atoms with E-state index in [1.54, 1.807) is 6.07 Å². The number of aromatic nitrogens is 1. The van der Waals surface area contributed by atoms with Crippen LogP contribution in [0, 0.1) is 5.92 Å². The number of hydrogen-bond acceptors (Lipinski definition) is 3. The summed E-state index contributed by atoms with van der Waals surface area (Å²) in [5.74, 6) is -1.88. The summed E-state index contributed by atoms with van der Waals surface area (Å²) in [5, 5.41) is 0. The maximum atomic E-state index is 12.6. The van der Waals surface area contributed by atoms with Gasteiger partial charge >= 0.3 is 6.18 Å². The van der Waals surface area contributed by atoms with E-state index in [0.717, 1.165) is 0 Å². The van der Waals surface area contributed by atoms with Crippen LogP contribution in [0.25, 0.3) is 0 Å². The van der Waals surface area contributed by atoms with Crippen molar-refractivity contribution in [2.45, 2.75) is 19.0 Å². The van der Waals surface area contributed by atoms with Gasteiger partial charge in [-0.25, -0.2) is 0 Å². The Hall–Kier alpha value is -1.79. The van der Waals surface area contributed by atoms with Crippen LogP contribution in [0.1, 0.15) is 23.3 Å². The smallest absolute Gasteiger partial charge is 0.371 e. The van der Waals surface area contributed by atoms with E-state index in [2.05, 4.69) is 4.98 Å². The molecule has 2 rings (SSSR count). The first-order chi connectivity index (χ1) is 8.88. The lowest BCUT2D eigenvalue weighted by Crippen LogP contribution is -2.39. The maximum Gasteiger partial charge on any atom is 0.391 e. The summed E-state index contributed by atoms with van der Waals surface area (Å²) < 4.78 is 37.7. The van der Waals surface area contributed by atoms with Crippen LogP contribution in [0.4, 0.5) is 18.9 Å². The molecule has 1 amide bonds. The SMILES string of the molecule is NC(=O)c1cc(N2CCC(C(F)(F)F)CC2)ccn1. The van der Waals surface area contributed by atoms with Crippen LogP contribution in [-0.4, -0.2) is 30.2 Å². The maximum absolute atomic E-state index is 12.6. The monoisotopic (exact) mass is 273 g/mol. The van der Waals surface area contributed by atoms with Crippen LogP contribution in [0.15, 0.2) is 18.3 Å². The first-order valence-electron chi connectivity index (χ1n) is 5.95. The Kier molecular flexibility index (Phi) is 3.64. The highest BCUT2D eigenvalue weighted by Gasteiger charge is 2.41. The Balaban J connectivity index is 2.05. The minimum Gasteiger partial charge on any atom is -0.371 e. The average molecular weight is 273 g/mol. The summed E-state index contributed by atoms with van der Waals surface area (Å²) in [7, 11) is 0. The minimum absolute atomic E-state index is 0.0672. The van der Waals surface area contributed by atoms with Crippen molar-refractivity contribution in [2.24, 2.45) is 11.7 Å². The van der Waals surface area contributed by atoms with Crippen LogP contribution in [0.3, 0.4) is 0 Å². The molecule has 2 N–H and O–H groups in total. The molecule has 0 unspecified atom stereocenters. The Morgan fingerprint density at radius 2 is 2.00 bits per heavy atom. The van der Waals surface area contributed by atoms with Gasteiger partial charge in [-0.2, -0.15) is 13.2 Å². The van der Waals surface area contributed by atoms with Crippen molar-refractivity contribution in [3.63, 3.8) is 0 Å². The van der Waals surface area contributed by atoms with Gasteiger partial charge in [-0.15, -0.1) is 0 Å². The lowest BCUT2D eigenvalue weighted by molar-refractivity contribution is -0.179. The number of carbonyl (C=O) groups excluding carboxylic acids is 1. The zero-order chi connectivity index (χ0) is 14.0. The molecule has 19 heavy (non-hydrogen) atoms. The number of rotatable bonds is 2. The minimum atomic E-state index is -4.12. The number of primary amides is 1. The van der Waals surface area contributed by atoms with Gasteiger partial charge in [0, 0.05) is 25.0 Å². The fourth-order valence-electron chi connectivity index (χ4n) is 2.22. The number of nitrogens with two attached hydrogens (primary N) is 1. The lowest BCUT2D eigenvalue weighted by Gasteiger charge is -2.34. The molecular weight excluding hydrogens is 259 g/mol. The van der Waals surface area contributed by atoms with Crippen LogP contribution >= 0.6 is 0 Å². The van der Waals surface area contributed by atoms with Crippen LogP contribution in [-0.2, 0) is 0 Å². The number of anilines is 1. The van der Waals surface area contributed by atoms with Gasteiger partial charge < -0.3 is 10.6 Å². The first-order valence-corrected chi connectivity index (χ1v) is 5.95. The van der Waals surface area contributed by atoms with E-state index in [9.17, 15) is 18.0 Å². The van der Waals surface area contributed by atoms with E-state index in [4.69, 9.17) is 5.73 Å². The molecule has 1 aromatic rings. The second kappa shape index (κ2) is 5.07. The fraction of sp³-hybridized carbons (Fsp3) is 0.500. The number of nitrogens with zero attached hydrogens (tertiary/aromatic N) is 2. The van der Waals surface area contributed by atoms with Gasteiger partial charge in [0.15, 0.2) is 0 Å². The highest BCUT2D eigenvalue weighted by Crippen LogP contribution is 2.35. The molecule has 1 aromatic heterocycles. The van der Waals surface area contributed by atoms with Crippen molar-refractivity contribution in [1.29, 1.82) is 0 Å². The third-order valence-corrected chi connectivity index (χ3v) is 3.32. The molecule has 0 spiro atoms. The van der Waals surface area contributed by atoms with Crippen molar-refractivity contribution < 1.29 is 18.0 Å². The summed E-state index contributed by atoms with van der Waals surface area (Å²) in [6.45, 7) is 0.624. The second-order valence-corrected chi connectivity index (χ2v) is 4.57. The fourth-order valence-corrected chi connectivity index (χ4v) is 2.22. The molecule has 7 heteroatoms. The normalized spacial score (nSPS) is 17.5. The highest BCUT2D eigenvalue weighted by atomic mass is 19.4. The molecule has 0 saturated carbocycles. The molecule has 4 nitrogen and oxygen atoms in total. The number of hydrogen-bond donors (Lipinski definition) is 1. The van der Waals surface area contributed by atoms with Crippen molar-refractivity contribution in [2.75, 3.05) is 18.0 Å². The Bertz CT molecular complexity index is 468. The zero-order valence-corrected chi connectivity index (χ0v) is 10.2. The van der Waals surface area contributed by atoms with Crippen LogP contribution in [0.2, 0.25) is 0 Å². The summed E-state index contributed by atoms with van der Waals surface area (Å²) in [5.41, 5.74) is 5.93. The molecule has 1 saturated heterocycles. The Morgan fingerprint density at radius 1 is 1.37 bits per heavy atom. The van der Waals surface area contributed by atoms with E-state index in [-0.39, 0.29) is 18.5 Å². The summed E-state index contributed by atoms with van der Waals surface area (Å²) in [4.78, 5) is 16.6. The molecule has 0 radical (unpaired) electrons. The molecule has 0 aliphatic carbocycles. The zero-order valence-electron chi connectivity index (χ0n) is 10.2. The van der Waals surface area contributed by atoms with Gasteiger partial charge in [-0.1, -0.05) is 0 Å². The number of alkyl halides is 3. The number of halogens is 3. The van der Waals surface area contributed by atoms with E-state index in [0.29, 0.717) is 18.8 Å². The first kappa shape index (κ1) is 13.6. The van der Waals surface area contributed by atoms with E-state index < -0.39 is 18.0 Å². The van der Waals surface area contributed by atoms with E-state index in [1.165, 1.54) is 12.3 Å². The van der Waals surface area contributed by atoms with Gasteiger partial charge in [-0.3, -0.25) is 9.78 Å². The highest BCUT2D eigenvalue weighted by molar-refractivity contribution is 5.91. The van der Waals surface area contributed by atoms with Crippen molar-refractivity contribution in [3.8, 4) is 0 Å². The number of amides is 1. The molecule has 1 aliphatic heterocycles. The summed E-state index contributed by atoms with van der Waals surface area (Å²) in [6, 6.07) is 3.18. The van der Waals surface area contributed by atoms with Gasteiger partial charge in [-0.05, 0) is 25.0 Å². The molecule has 0 atom stereocenters. The second-order valence-electron chi connectivity index (χ2n) is 4.57. The number of piperidine rings is 1. The standard InChI is InChI=1S/C12H14F3N3O/c13-12(14,15)8-2-5-18(6-3-8)9-1-4-17-10(7-9)11(16)19/h1,4,7-8H,2-3,5-6H2,(H2,16,19). The number of carbonyl (C=O) groups is 1. The van der Waals surface area contributed by atoms with Crippen molar-refractivity contribution in [3.05, 3.63) is 24.0 Å². The Morgan fingerprint density at radius 3 is 2.53 bits per heavy atom. The largest absolute Gasteiger partial charge is 0.391 e. The summed E-state index contributed by atoms with van der Waals surface area (Å²) >= 11 is 0. The predicted molar refractivity (Wildman–Crippen MR) is 63.7 cm³/mol. The molecular formula is C12H14F3N3O. The predicted octanol–water partition coefficient (Wildman–Crippen LogP) is 1.96. The van der Waals surface area contributed by atoms with Gasteiger partial charge in [0.2, 0.25) is 0 Å². The van der Waals surface area contributed by atoms with Gasteiger partial charge in [0.05, 0.1) is 5.92 Å². The van der Waals surface area contributed by atoms with Crippen molar-refractivity contribution in [1.82, 2.24) is 4.98 Å². The van der Waals surface area contributed by atoms with Crippen LogP contribution < -0.4 is 10.6 Å². The van der Waals surface area contributed by atoms with Crippen molar-refractivity contribution >= 4 is 11.6 Å². The van der Waals surface area contributed by atoms with Crippen LogP contribution in [0.5, 0.6) is 0 Å². The van der Waals surface area contributed by atoms with E-state index in [1.807, 2.05) is 4.90 Å². The topological polar surface area (TPSA) is 59.2 Å². The molecule has 104 valence electrons. The molecule has 0 bridgehead atoms. The average Bonchev–Trinajstić information content (AvgIpc) is 2.38. The molecule has 1 aliphatic rings. The number of pyridine rings is 1. The molecule has 0 aromatic carbocycles. The molecule has 1 fully saturated rings. The van der Waals surface area contributed by atoms with E-state index >= 15 is 0 Å². The van der Waals surface area contributed by atoms with Gasteiger partial charge in [0.25, 0.3) is 5.91 Å². The van der Waals surface area contributed by atoms with Gasteiger partial charge in [0.1, 0.15) is 5.69 Å².